The highest BCUT2D eigenvalue weighted by Gasteiger charge is 2.20. The Bertz CT molecular complexity index is 494. The van der Waals surface area contributed by atoms with Crippen LogP contribution in [0.3, 0.4) is 0 Å². The first-order chi connectivity index (χ1) is 7.04. The molecule has 1 unspecified atom stereocenters. The van der Waals surface area contributed by atoms with Crippen LogP contribution in [0.2, 0.25) is 5.02 Å². The Hall–Kier alpha value is -1.22. The summed E-state index contributed by atoms with van der Waals surface area (Å²) in [6, 6.07) is 0. The van der Waals surface area contributed by atoms with E-state index in [0.717, 1.165) is 28.6 Å². The predicted molar refractivity (Wildman–Crippen MR) is 64.5 cm³/mol. The van der Waals surface area contributed by atoms with Crippen molar-refractivity contribution >= 4 is 30.6 Å². The zero-order valence-electron chi connectivity index (χ0n) is 8.97. The van der Waals surface area contributed by atoms with E-state index >= 15 is 0 Å². The largest absolute Gasteiger partial charge is 0.308 e. The topological polar surface area (TPSA) is 29.3 Å². The monoisotopic (exact) mass is 223 g/mol. The molecule has 1 aromatic heterocycles. The maximum absolute atomic E-state index is 6.13. The fourth-order valence-electron chi connectivity index (χ4n) is 1.78. The molecule has 2 heterocycles. The SMILES string of the molecule is C=c1c(C)c(Cl)c(=C)n1C1=NNCC1C. The average molecular weight is 224 g/mol. The second kappa shape index (κ2) is 3.42. The van der Waals surface area contributed by atoms with Crippen LogP contribution in [0.1, 0.15) is 12.5 Å². The van der Waals surface area contributed by atoms with Crippen LogP contribution in [0.15, 0.2) is 5.10 Å². The Balaban J connectivity index is 2.69. The second-order valence-corrected chi connectivity index (χ2v) is 4.28. The average Bonchev–Trinajstić information content (AvgIpc) is 2.68. The van der Waals surface area contributed by atoms with Crippen LogP contribution < -0.4 is 16.1 Å². The second-order valence-electron chi connectivity index (χ2n) is 3.90. The number of nitrogens with one attached hydrogen (secondary N) is 1. The van der Waals surface area contributed by atoms with E-state index in [4.69, 9.17) is 11.6 Å². The van der Waals surface area contributed by atoms with Crippen molar-refractivity contribution < 1.29 is 0 Å². The first-order valence-electron chi connectivity index (χ1n) is 4.89. The van der Waals surface area contributed by atoms with Crippen LogP contribution in [0.5, 0.6) is 0 Å². The van der Waals surface area contributed by atoms with Gasteiger partial charge in [-0.25, -0.2) is 0 Å². The lowest BCUT2D eigenvalue weighted by atomic mass is 10.2. The van der Waals surface area contributed by atoms with Crippen LogP contribution in [0.25, 0.3) is 13.2 Å². The summed E-state index contributed by atoms with van der Waals surface area (Å²) in [6.07, 6.45) is 0. The van der Waals surface area contributed by atoms with Gasteiger partial charge in [0.15, 0.2) is 0 Å². The molecule has 4 heteroatoms. The van der Waals surface area contributed by atoms with Gasteiger partial charge in [-0.05, 0) is 12.5 Å². The molecule has 0 aromatic carbocycles. The summed E-state index contributed by atoms with van der Waals surface area (Å²) in [7, 11) is 0. The van der Waals surface area contributed by atoms with Gasteiger partial charge in [0.1, 0.15) is 5.84 Å². The summed E-state index contributed by atoms with van der Waals surface area (Å²) in [5, 5.41) is 6.58. The van der Waals surface area contributed by atoms with Crippen molar-refractivity contribution in [2.45, 2.75) is 13.8 Å². The highest BCUT2D eigenvalue weighted by Crippen LogP contribution is 2.08. The predicted octanol–water partition coefficient (Wildman–Crippen LogP) is 0.671. The van der Waals surface area contributed by atoms with Crippen molar-refractivity contribution in [3.63, 3.8) is 0 Å². The van der Waals surface area contributed by atoms with Gasteiger partial charge in [0.2, 0.25) is 0 Å². The number of nitrogens with zero attached hydrogens (tertiary/aromatic N) is 2. The van der Waals surface area contributed by atoms with Crippen molar-refractivity contribution in [3.05, 3.63) is 21.3 Å². The van der Waals surface area contributed by atoms with E-state index < -0.39 is 0 Å². The van der Waals surface area contributed by atoms with Crippen molar-refractivity contribution in [2.75, 3.05) is 6.54 Å². The number of hydrazone groups is 1. The van der Waals surface area contributed by atoms with Gasteiger partial charge in [0.05, 0.1) is 10.4 Å². The first kappa shape index (κ1) is 10.3. The Morgan fingerprint density at radius 1 is 1.47 bits per heavy atom. The molecule has 0 spiro atoms. The van der Waals surface area contributed by atoms with E-state index in [9.17, 15) is 0 Å². The molecule has 1 N–H and O–H groups in total. The minimum absolute atomic E-state index is 0.355. The number of rotatable bonds is 0. The molecular weight excluding hydrogens is 210 g/mol. The third kappa shape index (κ3) is 1.38. The molecule has 3 nitrogen and oxygen atoms in total. The van der Waals surface area contributed by atoms with E-state index in [2.05, 4.69) is 30.6 Å². The van der Waals surface area contributed by atoms with Gasteiger partial charge in [-0.3, -0.25) is 4.57 Å². The lowest BCUT2D eigenvalue weighted by Crippen LogP contribution is -2.35. The smallest absolute Gasteiger partial charge is 0.138 e. The third-order valence-corrected chi connectivity index (χ3v) is 3.32. The number of aromatic nitrogens is 1. The number of hydrogen-bond acceptors (Lipinski definition) is 2. The van der Waals surface area contributed by atoms with Crippen molar-refractivity contribution in [1.29, 1.82) is 0 Å². The molecule has 15 heavy (non-hydrogen) atoms. The molecule has 0 amide bonds. The number of hydrogen-bond donors (Lipinski definition) is 1. The maximum atomic E-state index is 6.13. The van der Waals surface area contributed by atoms with Gasteiger partial charge in [0.25, 0.3) is 0 Å². The third-order valence-electron chi connectivity index (χ3n) is 2.82. The van der Waals surface area contributed by atoms with E-state index in [1.807, 2.05) is 11.5 Å². The van der Waals surface area contributed by atoms with Crippen molar-refractivity contribution in [3.8, 4) is 0 Å². The summed E-state index contributed by atoms with van der Waals surface area (Å²) in [5.74, 6) is 1.30. The van der Waals surface area contributed by atoms with Crippen LogP contribution in [0, 0.1) is 12.8 Å². The zero-order chi connectivity index (χ0) is 11.2. The van der Waals surface area contributed by atoms with E-state index in [-0.39, 0.29) is 0 Å². The fourth-order valence-corrected chi connectivity index (χ4v) is 1.98. The fraction of sp³-hybridized carbons (Fsp3) is 0.364. The van der Waals surface area contributed by atoms with E-state index in [1.54, 1.807) is 0 Å². The van der Waals surface area contributed by atoms with Crippen LogP contribution in [-0.2, 0) is 0 Å². The summed E-state index contributed by atoms with van der Waals surface area (Å²) in [4.78, 5) is 0. The number of halogens is 1. The molecule has 80 valence electrons. The molecule has 1 aromatic rings. The molecule has 1 atom stereocenters. The molecule has 2 rings (SSSR count). The normalized spacial score (nSPS) is 20.2. The lowest BCUT2D eigenvalue weighted by molar-refractivity contribution is 0.701. The summed E-state index contributed by atoms with van der Waals surface area (Å²) >= 11 is 6.13. The van der Waals surface area contributed by atoms with Crippen molar-refractivity contribution in [1.82, 2.24) is 9.99 Å². The quantitative estimate of drug-likeness (QED) is 0.689. The Kier molecular flexibility index (Phi) is 2.35. The van der Waals surface area contributed by atoms with E-state index in [0.29, 0.717) is 10.9 Å². The molecule has 1 aliphatic heterocycles. The highest BCUT2D eigenvalue weighted by atomic mass is 35.5. The van der Waals surface area contributed by atoms with Gasteiger partial charge in [-0.15, -0.1) is 0 Å². The molecule has 0 bridgehead atoms. The van der Waals surface area contributed by atoms with Crippen LogP contribution >= 0.6 is 11.6 Å². The molecule has 0 fully saturated rings. The summed E-state index contributed by atoms with van der Waals surface area (Å²) in [5.41, 5.74) is 3.95. The summed E-state index contributed by atoms with van der Waals surface area (Å²) < 4.78 is 1.93. The minimum atomic E-state index is 0.355. The zero-order valence-corrected chi connectivity index (χ0v) is 9.73. The lowest BCUT2D eigenvalue weighted by Gasteiger charge is -2.07. The Morgan fingerprint density at radius 2 is 2.13 bits per heavy atom. The Labute approximate surface area is 93.7 Å². The minimum Gasteiger partial charge on any atom is -0.308 e. The van der Waals surface area contributed by atoms with Gasteiger partial charge in [-0.1, -0.05) is 31.7 Å². The molecule has 0 aliphatic carbocycles. The van der Waals surface area contributed by atoms with Gasteiger partial charge in [-0.2, -0.15) is 5.10 Å². The Morgan fingerprint density at radius 3 is 2.53 bits per heavy atom. The first-order valence-corrected chi connectivity index (χ1v) is 5.27. The molecular formula is C11H14ClN3. The molecule has 1 aliphatic rings. The highest BCUT2D eigenvalue weighted by molar-refractivity contribution is 6.31. The van der Waals surface area contributed by atoms with E-state index in [1.165, 1.54) is 0 Å². The maximum Gasteiger partial charge on any atom is 0.138 e. The van der Waals surface area contributed by atoms with Crippen molar-refractivity contribution in [2.24, 2.45) is 11.0 Å². The van der Waals surface area contributed by atoms with Gasteiger partial charge < -0.3 is 5.43 Å². The van der Waals surface area contributed by atoms with Crippen LogP contribution in [0.4, 0.5) is 0 Å². The van der Waals surface area contributed by atoms with Crippen LogP contribution in [-0.4, -0.2) is 16.9 Å². The van der Waals surface area contributed by atoms with Gasteiger partial charge >= 0.3 is 0 Å². The molecule has 0 saturated carbocycles. The molecule has 0 radical (unpaired) electrons. The van der Waals surface area contributed by atoms with Gasteiger partial charge in [0, 0.05) is 17.8 Å². The molecule has 0 saturated heterocycles. The standard InChI is InChI=1S/C11H14ClN3/c1-6-5-13-14-11(6)15-8(3)7(2)10(12)9(15)4/h6,13H,3-5H2,1-2H3. The summed E-state index contributed by atoms with van der Waals surface area (Å²) in [6.45, 7) is 12.9.